The van der Waals surface area contributed by atoms with Gasteiger partial charge in [-0.2, -0.15) is 0 Å². The highest BCUT2D eigenvalue weighted by molar-refractivity contribution is 5.85. The van der Waals surface area contributed by atoms with Crippen LogP contribution in [0.1, 0.15) is 33.1 Å². The van der Waals surface area contributed by atoms with Gasteiger partial charge in [0.1, 0.15) is 0 Å². The average molecular weight is 261 g/mol. The highest BCUT2D eigenvalue weighted by Crippen LogP contribution is 2.27. The fourth-order valence-electron chi connectivity index (χ4n) is 2.37. The van der Waals surface area contributed by atoms with Crippen LogP contribution >= 0.6 is 12.4 Å². The van der Waals surface area contributed by atoms with Crippen LogP contribution in [0.25, 0.3) is 0 Å². The van der Waals surface area contributed by atoms with Crippen LogP contribution < -0.4 is 5.32 Å². The number of hydrogen-bond donors (Lipinski definition) is 1. The molecule has 1 saturated heterocycles. The number of amides is 1. The highest BCUT2D eigenvalue weighted by Gasteiger charge is 2.28. The highest BCUT2D eigenvalue weighted by atomic mass is 35.5. The molecule has 1 N–H and O–H groups in total. The summed E-state index contributed by atoms with van der Waals surface area (Å²) in [5.74, 6) is 2.57. The molecular weight excluding hydrogens is 236 g/mol. The summed E-state index contributed by atoms with van der Waals surface area (Å²) >= 11 is 0. The Morgan fingerprint density at radius 1 is 1.35 bits per heavy atom. The summed E-state index contributed by atoms with van der Waals surface area (Å²) in [4.78, 5) is 13.9. The van der Waals surface area contributed by atoms with Crippen LogP contribution in [-0.2, 0) is 4.79 Å². The zero-order chi connectivity index (χ0) is 11.5. The first-order chi connectivity index (χ1) is 7.66. The number of carbonyl (C=O) groups excluding carboxylic acids is 1. The third kappa shape index (κ3) is 4.47. The number of halogens is 1. The molecule has 4 heteroatoms. The van der Waals surface area contributed by atoms with Gasteiger partial charge in [0.15, 0.2) is 0 Å². The number of hydrogen-bond acceptors (Lipinski definition) is 2. The van der Waals surface area contributed by atoms with Crippen LogP contribution in [0.2, 0.25) is 0 Å². The first-order valence-electron chi connectivity index (χ1n) is 6.65. The molecule has 100 valence electrons. The molecule has 0 aromatic heterocycles. The zero-order valence-corrected chi connectivity index (χ0v) is 11.8. The van der Waals surface area contributed by atoms with Gasteiger partial charge >= 0.3 is 0 Å². The largest absolute Gasteiger partial charge is 0.341 e. The van der Waals surface area contributed by atoms with Crippen LogP contribution in [0.5, 0.6) is 0 Å². The number of nitrogens with zero attached hydrogens (tertiary/aromatic N) is 1. The van der Waals surface area contributed by atoms with E-state index in [-0.39, 0.29) is 12.4 Å². The van der Waals surface area contributed by atoms with Gasteiger partial charge < -0.3 is 10.2 Å². The summed E-state index contributed by atoms with van der Waals surface area (Å²) in [6.45, 7) is 8.02. The molecule has 1 heterocycles. The van der Waals surface area contributed by atoms with Crippen molar-refractivity contribution < 1.29 is 4.79 Å². The standard InChI is InChI=1S/C13H24N2O.ClH/c1-10(2)12-5-6-15(9-12)13(16)8-14-7-11-3-4-11;/h10-12,14H,3-9H2,1-2H3;1H. The van der Waals surface area contributed by atoms with E-state index in [0.29, 0.717) is 24.3 Å². The van der Waals surface area contributed by atoms with Gasteiger partial charge in [0.05, 0.1) is 6.54 Å². The van der Waals surface area contributed by atoms with Gasteiger partial charge in [0.25, 0.3) is 0 Å². The minimum Gasteiger partial charge on any atom is -0.341 e. The Bertz CT molecular complexity index is 254. The van der Waals surface area contributed by atoms with Gasteiger partial charge in [-0.1, -0.05) is 13.8 Å². The molecule has 1 saturated carbocycles. The van der Waals surface area contributed by atoms with Crippen molar-refractivity contribution in [3.05, 3.63) is 0 Å². The van der Waals surface area contributed by atoms with Crippen LogP contribution in [0.4, 0.5) is 0 Å². The number of nitrogens with one attached hydrogen (secondary N) is 1. The average Bonchev–Trinajstić information content (AvgIpc) is 2.93. The Morgan fingerprint density at radius 3 is 2.59 bits per heavy atom. The lowest BCUT2D eigenvalue weighted by atomic mass is 9.95. The molecule has 0 bridgehead atoms. The van der Waals surface area contributed by atoms with E-state index in [1.54, 1.807) is 0 Å². The SMILES string of the molecule is CC(C)C1CCN(C(=O)CNCC2CC2)C1.Cl. The number of rotatable bonds is 5. The van der Waals surface area contributed by atoms with E-state index in [9.17, 15) is 4.79 Å². The van der Waals surface area contributed by atoms with Crippen LogP contribution in [0.15, 0.2) is 0 Å². The molecule has 2 fully saturated rings. The minimum atomic E-state index is 0. The molecule has 0 aromatic rings. The summed E-state index contributed by atoms with van der Waals surface area (Å²) < 4.78 is 0. The molecule has 1 amide bonds. The molecule has 1 unspecified atom stereocenters. The Balaban J connectivity index is 0.00000144. The van der Waals surface area contributed by atoms with Gasteiger partial charge in [-0.3, -0.25) is 4.79 Å². The van der Waals surface area contributed by atoms with Gasteiger partial charge in [-0.25, -0.2) is 0 Å². The van der Waals surface area contributed by atoms with Crippen molar-refractivity contribution in [2.24, 2.45) is 17.8 Å². The molecule has 17 heavy (non-hydrogen) atoms. The van der Waals surface area contributed by atoms with E-state index in [0.717, 1.165) is 25.6 Å². The molecule has 0 spiro atoms. The second-order valence-electron chi connectivity index (χ2n) is 5.71. The van der Waals surface area contributed by atoms with E-state index < -0.39 is 0 Å². The predicted molar refractivity (Wildman–Crippen MR) is 72.4 cm³/mol. The maximum atomic E-state index is 11.9. The second-order valence-corrected chi connectivity index (χ2v) is 5.71. The van der Waals surface area contributed by atoms with Crippen LogP contribution in [0.3, 0.4) is 0 Å². The lowest BCUT2D eigenvalue weighted by molar-refractivity contribution is -0.129. The molecular formula is C13H25ClN2O. The monoisotopic (exact) mass is 260 g/mol. The fourth-order valence-corrected chi connectivity index (χ4v) is 2.37. The van der Waals surface area contributed by atoms with Crippen molar-refractivity contribution in [3.8, 4) is 0 Å². The molecule has 1 aliphatic heterocycles. The summed E-state index contributed by atoms with van der Waals surface area (Å²) in [5, 5.41) is 3.28. The first-order valence-corrected chi connectivity index (χ1v) is 6.65. The second kappa shape index (κ2) is 6.60. The molecule has 1 atom stereocenters. The van der Waals surface area contributed by atoms with Crippen LogP contribution in [0, 0.1) is 17.8 Å². The van der Waals surface area contributed by atoms with Crippen molar-refractivity contribution in [1.82, 2.24) is 10.2 Å². The Kier molecular flexibility index (Phi) is 5.74. The van der Waals surface area contributed by atoms with E-state index in [2.05, 4.69) is 19.2 Å². The van der Waals surface area contributed by atoms with Gasteiger partial charge in [-0.05, 0) is 43.6 Å². The van der Waals surface area contributed by atoms with E-state index in [1.807, 2.05) is 4.90 Å². The van der Waals surface area contributed by atoms with Gasteiger partial charge in [-0.15, -0.1) is 12.4 Å². The number of carbonyl (C=O) groups is 1. The summed E-state index contributed by atoms with van der Waals surface area (Å²) in [6.07, 6.45) is 3.88. The van der Waals surface area contributed by atoms with Crippen molar-refractivity contribution in [2.45, 2.75) is 33.1 Å². The zero-order valence-electron chi connectivity index (χ0n) is 10.9. The van der Waals surface area contributed by atoms with Crippen molar-refractivity contribution in [2.75, 3.05) is 26.2 Å². The molecule has 3 nitrogen and oxygen atoms in total. The summed E-state index contributed by atoms with van der Waals surface area (Å²) in [7, 11) is 0. The molecule has 2 rings (SSSR count). The topological polar surface area (TPSA) is 32.3 Å². The quantitative estimate of drug-likeness (QED) is 0.819. The third-order valence-corrected chi connectivity index (χ3v) is 3.93. The van der Waals surface area contributed by atoms with E-state index in [1.165, 1.54) is 19.3 Å². The molecule has 0 aromatic carbocycles. The van der Waals surface area contributed by atoms with Gasteiger partial charge in [0.2, 0.25) is 5.91 Å². The Labute approximate surface area is 111 Å². The molecule has 2 aliphatic rings. The summed E-state index contributed by atoms with van der Waals surface area (Å²) in [5.41, 5.74) is 0. The maximum absolute atomic E-state index is 11.9. The minimum absolute atomic E-state index is 0. The predicted octanol–water partition coefficient (Wildman–Crippen LogP) is 1.91. The maximum Gasteiger partial charge on any atom is 0.236 e. The van der Waals surface area contributed by atoms with E-state index >= 15 is 0 Å². The lowest BCUT2D eigenvalue weighted by Crippen LogP contribution is -2.37. The van der Waals surface area contributed by atoms with Crippen molar-refractivity contribution in [1.29, 1.82) is 0 Å². The smallest absolute Gasteiger partial charge is 0.236 e. The fraction of sp³-hybridized carbons (Fsp3) is 0.923. The normalized spacial score (nSPS) is 23.9. The van der Waals surface area contributed by atoms with Crippen LogP contribution in [-0.4, -0.2) is 37.0 Å². The summed E-state index contributed by atoms with van der Waals surface area (Å²) in [6, 6.07) is 0. The third-order valence-electron chi connectivity index (χ3n) is 3.93. The lowest BCUT2D eigenvalue weighted by Gasteiger charge is -2.18. The van der Waals surface area contributed by atoms with Crippen molar-refractivity contribution in [3.63, 3.8) is 0 Å². The Morgan fingerprint density at radius 2 is 2.06 bits per heavy atom. The van der Waals surface area contributed by atoms with Gasteiger partial charge in [0, 0.05) is 13.1 Å². The molecule has 0 radical (unpaired) electrons. The van der Waals surface area contributed by atoms with Crippen molar-refractivity contribution >= 4 is 18.3 Å². The first kappa shape index (κ1) is 14.8. The van der Waals surface area contributed by atoms with E-state index in [4.69, 9.17) is 0 Å². The molecule has 1 aliphatic carbocycles. The Hall–Kier alpha value is -0.280. The number of likely N-dealkylation sites (tertiary alicyclic amines) is 1.